The summed E-state index contributed by atoms with van der Waals surface area (Å²) in [6.07, 6.45) is 2.69. The van der Waals surface area contributed by atoms with E-state index in [1.54, 1.807) is 0 Å². The van der Waals surface area contributed by atoms with Gasteiger partial charge in [0.05, 0.1) is 6.10 Å². The Morgan fingerprint density at radius 3 is 2.62 bits per heavy atom. The number of hydrogen-bond acceptors (Lipinski definition) is 2. The van der Waals surface area contributed by atoms with Crippen molar-refractivity contribution < 1.29 is 4.74 Å². The molecule has 2 nitrogen and oxygen atoms in total. The van der Waals surface area contributed by atoms with Crippen molar-refractivity contribution in [1.29, 1.82) is 0 Å². The Labute approximate surface area is 82.4 Å². The summed E-state index contributed by atoms with van der Waals surface area (Å²) in [6, 6.07) is 0. The van der Waals surface area contributed by atoms with E-state index < -0.39 is 0 Å². The smallest absolute Gasteiger partial charge is 0.0518 e. The van der Waals surface area contributed by atoms with Crippen molar-refractivity contribution in [3.05, 3.63) is 12.2 Å². The lowest BCUT2D eigenvalue weighted by atomic mass is 10.3. The molecule has 0 spiro atoms. The van der Waals surface area contributed by atoms with Crippen molar-refractivity contribution >= 4 is 0 Å². The molecule has 0 aromatic rings. The molecule has 0 saturated heterocycles. The summed E-state index contributed by atoms with van der Waals surface area (Å²) < 4.78 is 5.42. The first-order chi connectivity index (χ1) is 6.13. The van der Waals surface area contributed by atoms with Gasteiger partial charge in [0, 0.05) is 13.2 Å². The molecule has 2 heteroatoms. The quantitative estimate of drug-likeness (QED) is 0.463. The lowest BCUT2D eigenvalue weighted by Crippen LogP contribution is -2.17. The van der Waals surface area contributed by atoms with Crippen LogP contribution >= 0.6 is 0 Å². The molecular weight excluding hydrogens is 162 g/mol. The zero-order valence-corrected chi connectivity index (χ0v) is 9.23. The standard InChI is InChI=1S/C11H23NO/c1-10(2)9-12-7-5-6-8-13-11(3)4/h11-12H,1,5-9H2,2-4H3. The van der Waals surface area contributed by atoms with Crippen molar-refractivity contribution in [2.45, 2.75) is 39.7 Å². The normalized spacial score (nSPS) is 10.8. The first-order valence-corrected chi connectivity index (χ1v) is 5.09. The fraction of sp³-hybridized carbons (Fsp3) is 0.818. The van der Waals surface area contributed by atoms with Crippen molar-refractivity contribution in [1.82, 2.24) is 5.32 Å². The number of unbranched alkanes of at least 4 members (excludes halogenated alkanes) is 1. The molecule has 0 heterocycles. The Kier molecular flexibility index (Phi) is 8.05. The molecule has 0 fully saturated rings. The van der Waals surface area contributed by atoms with Crippen LogP contribution in [0, 0.1) is 0 Å². The van der Waals surface area contributed by atoms with E-state index in [-0.39, 0.29) is 0 Å². The van der Waals surface area contributed by atoms with Gasteiger partial charge in [-0.1, -0.05) is 12.2 Å². The van der Waals surface area contributed by atoms with E-state index >= 15 is 0 Å². The van der Waals surface area contributed by atoms with E-state index in [1.807, 2.05) is 6.92 Å². The van der Waals surface area contributed by atoms with Crippen LogP contribution in [0.4, 0.5) is 0 Å². The minimum Gasteiger partial charge on any atom is -0.379 e. The van der Waals surface area contributed by atoms with Crippen LogP contribution in [-0.2, 0) is 4.74 Å². The van der Waals surface area contributed by atoms with Gasteiger partial charge in [0.15, 0.2) is 0 Å². The van der Waals surface area contributed by atoms with Gasteiger partial charge in [-0.2, -0.15) is 0 Å². The van der Waals surface area contributed by atoms with E-state index in [9.17, 15) is 0 Å². The van der Waals surface area contributed by atoms with E-state index in [2.05, 4.69) is 25.7 Å². The van der Waals surface area contributed by atoms with Crippen LogP contribution in [0.2, 0.25) is 0 Å². The summed E-state index contributed by atoms with van der Waals surface area (Å²) in [6.45, 7) is 12.9. The molecule has 13 heavy (non-hydrogen) atoms. The number of nitrogens with one attached hydrogen (secondary N) is 1. The predicted molar refractivity (Wildman–Crippen MR) is 58.0 cm³/mol. The lowest BCUT2D eigenvalue weighted by Gasteiger charge is -2.07. The highest BCUT2D eigenvalue weighted by Crippen LogP contribution is 1.93. The average Bonchev–Trinajstić information content (AvgIpc) is 2.01. The second-order valence-electron chi connectivity index (χ2n) is 3.76. The Hall–Kier alpha value is -0.340. The van der Waals surface area contributed by atoms with E-state index in [0.717, 1.165) is 26.1 Å². The first-order valence-electron chi connectivity index (χ1n) is 5.09. The van der Waals surface area contributed by atoms with Gasteiger partial charge < -0.3 is 10.1 Å². The molecule has 0 atom stereocenters. The van der Waals surface area contributed by atoms with Crippen molar-refractivity contribution in [3.63, 3.8) is 0 Å². The molecule has 0 rings (SSSR count). The third-order valence-electron chi connectivity index (χ3n) is 1.63. The maximum absolute atomic E-state index is 5.42. The molecule has 0 aliphatic carbocycles. The van der Waals surface area contributed by atoms with Gasteiger partial charge in [-0.15, -0.1) is 0 Å². The number of ether oxygens (including phenoxy) is 1. The van der Waals surface area contributed by atoms with Crippen LogP contribution in [0.3, 0.4) is 0 Å². The van der Waals surface area contributed by atoms with Gasteiger partial charge in [0.1, 0.15) is 0 Å². The Balaban J connectivity index is 2.96. The SMILES string of the molecule is C=C(C)CNCCCCOC(C)C. The monoisotopic (exact) mass is 185 g/mol. The Bertz CT molecular complexity index is 132. The van der Waals surface area contributed by atoms with Crippen LogP contribution in [0.5, 0.6) is 0 Å². The van der Waals surface area contributed by atoms with E-state index in [1.165, 1.54) is 12.0 Å². The number of rotatable bonds is 8. The molecule has 0 bridgehead atoms. The molecule has 0 unspecified atom stereocenters. The maximum Gasteiger partial charge on any atom is 0.0518 e. The largest absolute Gasteiger partial charge is 0.379 e. The third-order valence-corrected chi connectivity index (χ3v) is 1.63. The van der Waals surface area contributed by atoms with Gasteiger partial charge >= 0.3 is 0 Å². The fourth-order valence-electron chi connectivity index (χ4n) is 0.973. The second kappa shape index (κ2) is 8.27. The van der Waals surface area contributed by atoms with Crippen LogP contribution in [-0.4, -0.2) is 25.8 Å². The zero-order chi connectivity index (χ0) is 10.1. The topological polar surface area (TPSA) is 21.3 Å². The van der Waals surface area contributed by atoms with Crippen LogP contribution < -0.4 is 5.32 Å². The predicted octanol–water partition coefficient (Wildman–Crippen LogP) is 2.36. The number of hydrogen-bond donors (Lipinski definition) is 1. The molecular formula is C11H23NO. The first kappa shape index (κ1) is 12.7. The van der Waals surface area contributed by atoms with Gasteiger partial charge in [0.2, 0.25) is 0 Å². The second-order valence-corrected chi connectivity index (χ2v) is 3.76. The van der Waals surface area contributed by atoms with Crippen molar-refractivity contribution in [2.24, 2.45) is 0 Å². The van der Waals surface area contributed by atoms with Crippen molar-refractivity contribution in [2.75, 3.05) is 19.7 Å². The highest BCUT2D eigenvalue weighted by Gasteiger charge is 1.93. The van der Waals surface area contributed by atoms with Crippen LogP contribution in [0.25, 0.3) is 0 Å². The molecule has 0 amide bonds. The molecule has 0 aromatic heterocycles. The summed E-state index contributed by atoms with van der Waals surface area (Å²) in [7, 11) is 0. The molecule has 0 radical (unpaired) electrons. The minimum atomic E-state index is 0.364. The van der Waals surface area contributed by atoms with Gasteiger partial charge in [-0.3, -0.25) is 0 Å². The Morgan fingerprint density at radius 2 is 2.08 bits per heavy atom. The minimum absolute atomic E-state index is 0.364. The highest BCUT2D eigenvalue weighted by atomic mass is 16.5. The maximum atomic E-state index is 5.42. The van der Waals surface area contributed by atoms with Gasteiger partial charge in [-0.25, -0.2) is 0 Å². The third kappa shape index (κ3) is 11.7. The highest BCUT2D eigenvalue weighted by molar-refractivity contribution is 4.90. The summed E-state index contributed by atoms with van der Waals surface area (Å²) in [4.78, 5) is 0. The van der Waals surface area contributed by atoms with Crippen molar-refractivity contribution in [3.8, 4) is 0 Å². The zero-order valence-electron chi connectivity index (χ0n) is 9.23. The molecule has 0 saturated carbocycles. The molecule has 0 aliphatic heterocycles. The average molecular weight is 185 g/mol. The van der Waals surface area contributed by atoms with Gasteiger partial charge in [-0.05, 0) is 40.2 Å². The molecule has 78 valence electrons. The molecule has 0 aliphatic rings. The summed E-state index contributed by atoms with van der Waals surface area (Å²) in [5, 5.41) is 3.32. The summed E-state index contributed by atoms with van der Waals surface area (Å²) >= 11 is 0. The van der Waals surface area contributed by atoms with E-state index in [4.69, 9.17) is 4.74 Å². The summed E-state index contributed by atoms with van der Waals surface area (Å²) in [5.41, 5.74) is 1.19. The Morgan fingerprint density at radius 1 is 1.38 bits per heavy atom. The fourth-order valence-corrected chi connectivity index (χ4v) is 0.973. The molecule has 0 aromatic carbocycles. The van der Waals surface area contributed by atoms with Gasteiger partial charge in [0.25, 0.3) is 0 Å². The van der Waals surface area contributed by atoms with Crippen LogP contribution in [0.1, 0.15) is 33.6 Å². The van der Waals surface area contributed by atoms with Crippen LogP contribution in [0.15, 0.2) is 12.2 Å². The summed E-state index contributed by atoms with van der Waals surface area (Å²) in [5.74, 6) is 0. The lowest BCUT2D eigenvalue weighted by molar-refractivity contribution is 0.0761. The van der Waals surface area contributed by atoms with E-state index in [0.29, 0.717) is 6.10 Å². The molecule has 1 N–H and O–H groups in total.